The first-order valence-corrected chi connectivity index (χ1v) is 5.45. The van der Waals surface area contributed by atoms with E-state index in [1.165, 1.54) is 0 Å². The fourth-order valence-corrected chi connectivity index (χ4v) is 1.88. The van der Waals surface area contributed by atoms with E-state index in [4.69, 9.17) is 16.7 Å². The van der Waals surface area contributed by atoms with E-state index in [2.05, 4.69) is 4.98 Å². The largest absolute Gasteiger partial charge is 0.481 e. The van der Waals surface area contributed by atoms with Crippen LogP contribution in [0.25, 0.3) is 11.1 Å². The average molecular weight is 248 g/mol. The molecule has 0 aliphatic heterocycles. The topological polar surface area (TPSA) is 50.2 Å². The highest BCUT2D eigenvalue weighted by molar-refractivity contribution is 6.30. The number of halogens is 1. The fourth-order valence-electron chi connectivity index (χ4n) is 1.68. The third kappa shape index (κ3) is 2.82. The third-order valence-corrected chi connectivity index (χ3v) is 2.64. The second kappa shape index (κ2) is 4.97. The Bertz CT molecular complexity index is 540. The molecule has 0 radical (unpaired) electrons. The molecule has 4 heteroatoms. The Balaban J connectivity index is 2.50. The summed E-state index contributed by atoms with van der Waals surface area (Å²) in [4.78, 5) is 14.7. The van der Waals surface area contributed by atoms with E-state index in [0.717, 1.165) is 11.1 Å². The lowest BCUT2D eigenvalue weighted by molar-refractivity contribution is -0.136. The van der Waals surface area contributed by atoms with Gasteiger partial charge < -0.3 is 5.11 Å². The van der Waals surface area contributed by atoms with Gasteiger partial charge in [-0.2, -0.15) is 0 Å². The molecule has 0 spiro atoms. The van der Waals surface area contributed by atoms with Crippen molar-refractivity contribution in [2.24, 2.45) is 0 Å². The number of carboxylic acid groups (broad SMARTS) is 1. The van der Waals surface area contributed by atoms with Crippen LogP contribution in [0.1, 0.15) is 5.56 Å². The normalized spacial score (nSPS) is 10.2. The van der Waals surface area contributed by atoms with E-state index in [1.54, 1.807) is 24.5 Å². The molecule has 0 bridgehead atoms. The summed E-state index contributed by atoms with van der Waals surface area (Å²) in [5.41, 5.74) is 2.52. The Morgan fingerprint density at radius 2 is 1.94 bits per heavy atom. The molecule has 2 rings (SSSR count). The number of aromatic nitrogens is 1. The van der Waals surface area contributed by atoms with Crippen LogP contribution in [0, 0.1) is 0 Å². The number of benzene rings is 1. The molecule has 1 aromatic carbocycles. The highest BCUT2D eigenvalue weighted by Crippen LogP contribution is 2.26. The summed E-state index contributed by atoms with van der Waals surface area (Å²) in [6.07, 6.45) is 3.31. The number of carboxylic acids is 1. The van der Waals surface area contributed by atoms with Gasteiger partial charge in [-0.1, -0.05) is 17.7 Å². The first-order valence-electron chi connectivity index (χ1n) is 5.07. The van der Waals surface area contributed by atoms with Crippen LogP contribution in [0.4, 0.5) is 0 Å². The predicted molar refractivity (Wildman–Crippen MR) is 66.0 cm³/mol. The Hall–Kier alpha value is -1.87. The average Bonchev–Trinajstić information content (AvgIpc) is 2.29. The predicted octanol–water partition coefficient (Wildman–Crippen LogP) is 3.03. The molecule has 1 aromatic heterocycles. The molecule has 0 unspecified atom stereocenters. The maximum Gasteiger partial charge on any atom is 0.307 e. The van der Waals surface area contributed by atoms with Gasteiger partial charge in [-0.15, -0.1) is 0 Å². The monoisotopic (exact) mass is 247 g/mol. The SMILES string of the molecule is O=C(O)Cc1cc(Cl)ccc1-c1ccncc1. The van der Waals surface area contributed by atoms with Gasteiger partial charge in [-0.05, 0) is 41.0 Å². The number of hydrogen-bond donors (Lipinski definition) is 1. The fraction of sp³-hybridized carbons (Fsp3) is 0.0769. The molecular formula is C13H10ClNO2. The van der Waals surface area contributed by atoms with E-state index in [9.17, 15) is 4.79 Å². The van der Waals surface area contributed by atoms with Crippen molar-refractivity contribution in [3.05, 3.63) is 53.3 Å². The minimum atomic E-state index is -0.873. The molecule has 0 fully saturated rings. The molecule has 0 saturated carbocycles. The Labute approximate surface area is 104 Å². The lowest BCUT2D eigenvalue weighted by Crippen LogP contribution is -2.01. The van der Waals surface area contributed by atoms with Gasteiger partial charge in [0.1, 0.15) is 0 Å². The molecular weight excluding hydrogens is 238 g/mol. The minimum absolute atomic E-state index is 0.0434. The summed E-state index contributed by atoms with van der Waals surface area (Å²) in [6.45, 7) is 0. The molecule has 0 atom stereocenters. The number of aliphatic carboxylic acids is 1. The molecule has 86 valence electrons. The first kappa shape index (κ1) is 11.6. The number of nitrogens with zero attached hydrogens (tertiary/aromatic N) is 1. The van der Waals surface area contributed by atoms with Crippen molar-refractivity contribution in [3.8, 4) is 11.1 Å². The molecule has 1 heterocycles. The zero-order chi connectivity index (χ0) is 12.3. The van der Waals surface area contributed by atoms with E-state index < -0.39 is 5.97 Å². The smallest absolute Gasteiger partial charge is 0.307 e. The Morgan fingerprint density at radius 1 is 1.24 bits per heavy atom. The Morgan fingerprint density at radius 3 is 2.59 bits per heavy atom. The van der Waals surface area contributed by atoms with Crippen molar-refractivity contribution in [1.29, 1.82) is 0 Å². The number of carbonyl (C=O) groups is 1. The van der Waals surface area contributed by atoms with Crippen molar-refractivity contribution in [2.45, 2.75) is 6.42 Å². The van der Waals surface area contributed by atoms with Crippen LogP contribution in [0.2, 0.25) is 5.02 Å². The van der Waals surface area contributed by atoms with E-state index in [0.29, 0.717) is 10.6 Å². The lowest BCUT2D eigenvalue weighted by Gasteiger charge is -2.08. The maximum atomic E-state index is 10.8. The third-order valence-electron chi connectivity index (χ3n) is 2.40. The van der Waals surface area contributed by atoms with Crippen molar-refractivity contribution < 1.29 is 9.90 Å². The summed E-state index contributed by atoms with van der Waals surface area (Å²) >= 11 is 5.88. The second-order valence-electron chi connectivity index (χ2n) is 3.61. The van der Waals surface area contributed by atoms with E-state index in [-0.39, 0.29) is 6.42 Å². The highest BCUT2D eigenvalue weighted by atomic mass is 35.5. The van der Waals surface area contributed by atoms with Gasteiger partial charge in [0, 0.05) is 17.4 Å². The molecule has 2 aromatic rings. The van der Waals surface area contributed by atoms with Crippen LogP contribution < -0.4 is 0 Å². The molecule has 17 heavy (non-hydrogen) atoms. The molecule has 3 nitrogen and oxygen atoms in total. The van der Waals surface area contributed by atoms with E-state index >= 15 is 0 Å². The van der Waals surface area contributed by atoms with Crippen LogP contribution in [0.5, 0.6) is 0 Å². The van der Waals surface area contributed by atoms with Crippen molar-refractivity contribution >= 4 is 17.6 Å². The van der Waals surface area contributed by atoms with Crippen LogP contribution in [-0.4, -0.2) is 16.1 Å². The van der Waals surface area contributed by atoms with Gasteiger partial charge in [0.05, 0.1) is 6.42 Å². The van der Waals surface area contributed by atoms with Gasteiger partial charge in [-0.3, -0.25) is 9.78 Å². The summed E-state index contributed by atoms with van der Waals surface area (Å²) < 4.78 is 0. The summed E-state index contributed by atoms with van der Waals surface area (Å²) in [5.74, 6) is -0.873. The summed E-state index contributed by atoms with van der Waals surface area (Å²) in [6, 6.07) is 8.95. The lowest BCUT2D eigenvalue weighted by atomic mass is 9.98. The number of rotatable bonds is 3. The first-order chi connectivity index (χ1) is 8.16. The van der Waals surface area contributed by atoms with Crippen molar-refractivity contribution in [1.82, 2.24) is 4.98 Å². The van der Waals surface area contributed by atoms with Gasteiger partial charge in [0.2, 0.25) is 0 Å². The van der Waals surface area contributed by atoms with Crippen molar-refractivity contribution in [3.63, 3.8) is 0 Å². The van der Waals surface area contributed by atoms with Crippen LogP contribution >= 0.6 is 11.6 Å². The number of hydrogen-bond acceptors (Lipinski definition) is 2. The van der Waals surface area contributed by atoms with E-state index in [1.807, 2.05) is 18.2 Å². The van der Waals surface area contributed by atoms with Gasteiger partial charge in [0.25, 0.3) is 0 Å². The quantitative estimate of drug-likeness (QED) is 0.907. The summed E-state index contributed by atoms with van der Waals surface area (Å²) in [7, 11) is 0. The molecule has 0 aliphatic carbocycles. The van der Waals surface area contributed by atoms with Crippen molar-refractivity contribution in [2.75, 3.05) is 0 Å². The van der Waals surface area contributed by atoms with Gasteiger partial charge in [-0.25, -0.2) is 0 Å². The Kier molecular flexibility index (Phi) is 3.40. The maximum absolute atomic E-state index is 10.8. The zero-order valence-corrected chi connectivity index (χ0v) is 9.69. The van der Waals surface area contributed by atoms with Crippen LogP contribution in [-0.2, 0) is 11.2 Å². The molecule has 0 aliphatic rings. The number of pyridine rings is 1. The van der Waals surface area contributed by atoms with Gasteiger partial charge in [0.15, 0.2) is 0 Å². The summed E-state index contributed by atoms with van der Waals surface area (Å²) in [5, 5.41) is 9.41. The minimum Gasteiger partial charge on any atom is -0.481 e. The molecule has 1 N–H and O–H groups in total. The van der Waals surface area contributed by atoms with Crippen LogP contribution in [0.3, 0.4) is 0 Å². The zero-order valence-electron chi connectivity index (χ0n) is 8.93. The van der Waals surface area contributed by atoms with Crippen LogP contribution in [0.15, 0.2) is 42.7 Å². The molecule has 0 amide bonds. The highest BCUT2D eigenvalue weighted by Gasteiger charge is 2.09. The van der Waals surface area contributed by atoms with Gasteiger partial charge >= 0.3 is 5.97 Å². The second-order valence-corrected chi connectivity index (χ2v) is 4.04. The molecule has 0 saturated heterocycles. The standard InChI is InChI=1S/C13H10ClNO2/c14-11-1-2-12(9-3-5-15-6-4-9)10(7-11)8-13(16)17/h1-7H,8H2,(H,16,17).